The van der Waals surface area contributed by atoms with Gasteiger partial charge in [-0.25, -0.2) is 9.97 Å². The second-order valence-corrected chi connectivity index (χ2v) is 13.4. The van der Waals surface area contributed by atoms with E-state index in [1.807, 2.05) is 24.3 Å². The Balaban J connectivity index is 1.02. The maximum Gasteiger partial charge on any atom is 0.235 e. The minimum atomic E-state index is 0.667. The van der Waals surface area contributed by atoms with Crippen molar-refractivity contribution in [1.82, 2.24) is 14.5 Å². The summed E-state index contributed by atoms with van der Waals surface area (Å²) in [4.78, 5) is 10.4. The Labute approximate surface area is 298 Å². The number of para-hydroxylation sites is 3. The van der Waals surface area contributed by atoms with Crippen LogP contribution in [0.25, 0.3) is 105 Å². The van der Waals surface area contributed by atoms with Crippen molar-refractivity contribution >= 4 is 65.4 Å². The van der Waals surface area contributed by atoms with E-state index in [1.54, 1.807) is 0 Å². The molecule has 0 spiro atoms. The standard InChI is InChI=1S/C48H29N3O/c1-2-10-32(11-3-1)47-38-13-4-7-15-41(38)49-48(50-47)51-42-16-8-5-14-39(42)46-36-25-22-33(28-35(36)23-26-43(46)51)30-18-20-31(21-19-30)34-24-27-45-40(29-34)37-12-6-9-17-44(37)52-45/h1-29H. The molecule has 4 heteroatoms. The van der Waals surface area contributed by atoms with Crippen molar-refractivity contribution in [3.63, 3.8) is 0 Å². The van der Waals surface area contributed by atoms with E-state index in [4.69, 9.17) is 14.4 Å². The zero-order valence-corrected chi connectivity index (χ0v) is 28.0. The largest absolute Gasteiger partial charge is 0.456 e. The van der Waals surface area contributed by atoms with Crippen LogP contribution in [0.15, 0.2) is 180 Å². The Kier molecular flexibility index (Phi) is 6.22. The fraction of sp³-hybridized carbons (Fsp3) is 0. The fourth-order valence-electron chi connectivity index (χ4n) is 7.93. The van der Waals surface area contributed by atoms with Gasteiger partial charge in [0.2, 0.25) is 5.95 Å². The first-order chi connectivity index (χ1) is 25.8. The average Bonchev–Trinajstić information content (AvgIpc) is 3.76. The first kappa shape index (κ1) is 28.8. The van der Waals surface area contributed by atoms with E-state index in [0.29, 0.717) is 5.95 Å². The topological polar surface area (TPSA) is 43.9 Å². The molecule has 0 radical (unpaired) electrons. The van der Waals surface area contributed by atoms with Gasteiger partial charge in [0.15, 0.2) is 0 Å². The molecular weight excluding hydrogens is 635 g/mol. The van der Waals surface area contributed by atoms with Crippen LogP contribution >= 0.6 is 0 Å². The van der Waals surface area contributed by atoms with Gasteiger partial charge < -0.3 is 4.42 Å². The minimum Gasteiger partial charge on any atom is -0.456 e. The molecule has 11 aromatic rings. The van der Waals surface area contributed by atoms with Crippen LogP contribution in [-0.2, 0) is 0 Å². The van der Waals surface area contributed by atoms with E-state index in [9.17, 15) is 0 Å². The van der Waals surface area contributed by atoms with Gasteiger partial charge >= 0.3 is 0 Å². The van der Waals surface area contributed by atoms with Gasteiger partial charge in [0.25, 0.3) is 0 Å². The highest BCUT2D eigenvalue weighted by atomic mass is 16.3. The van der Waals surface area contributed by atoms with Gasteiger partial charge in [0, 0.05) is 32.5 Å². The SMILES string of the molecule is c1ccc(-c2nc(-n3c4ccccc4c4c5ccc(-c6ccc(-c7ccc8oc9ccccc9c8c7)cc6)cc5ccc43)nc3ccccc23)cc1. The molecular formula is C48H29N3O. The Hall–Kier alpha value is -7.04. The van der Waals surface area contributed by atoms with Crippen molar-refractivity contribution in [3.8, 4) is 39.5 Å². The summed E-state index contributed by atoms with van der Waals surface area (Å²) in [6.07, 6.45) is 0. The van der Waals surface area contributed by atoms with Gasteiger partial charge in [-0.1, -0.05) is 133 Å². The number of fused-ring (bicyclic) bond motifs is 9. The van der Waals surface area contributed by atoms with Crippen LogP contribution in [0.1, 0.15) is 0 Å². The molecule has 0 saturated carbocycles. The summed E-state index contributed by atoms with van der Waals surface area (Å²) in [6.45, 7) is 0. The minimum absolute atomic E-state index is 0.667. The first-order valence-electron chi connectivity index (χ1n) is 17.6. The van der Waals surface area contributed by atoms with Crippen molar-refractivity contribution < 1.29 is 4.42 Å². The Morgan fingerprint density at radius 2 is 1.04 bits per heavy atom. The lowest BCUT2D eigenvalue weighted by atomic mass is 9.96. The highest BCUT2D eigenvalue weighted by Crippen LogP contribution is 2.39. The maximum atomic E-state index is 6.06. The van der Waals surface area contributed by atoms with Crippen molar-refractivity contribution in [2.24, 2.45) is 0 Å². The summed E-state index contributed by atoms with van der Waals surface area (Å²) < 4.78 is 8.28. The molecule has 52 heavy (non-hydrogen) atoms. The van der Waals surface area contributed by atoms with Crippen molar-refractivity contribution in [2.45, 2.75) is 0 Å². The van der Waals surface area contributed by atoms with Gasteiger partial charge in [-0.05, 0) is 75.5 Å². The van der Waals surface area contributed by atoms with Crippen molar-refractivity contribution in [3.05, 3.63) is 176 Å². The summed E-state index contributed by atoms with van der Waals surface area (Å²) in [5.74, 6) is 0.667. The number of hydrogen-bond donors (Lipinski definition) is 0. The van der Waals surface area contributed by atoms with Gasteiger partial charge in [0.1, 0.15) is 11.2 Å². The summed E-state index contributed by atoms with van der Waals surface area (Å²) in [7, 11) is 0. The summed E-state index contributed by atoms with van der Waals surface area (Å²) in [5, 5.41) is 8.11. The highest BCUT2D eigenvalue weighted by molar-refractivity contribution is 6.21. The van der Waals surface area contributed by atoms with Crippen LogP contribution < -0.4 is 0 Å². The van der Waals surface area contributed by atoms with E-state index < -0.39 is 0 Å². The summed E-state index contributed by atoms with van der Waals surface area (Å²) in [5.41, 5.74) is 11.6. The molecule has 3 aromatic heterocycles. The molecule has 8 aromatic carbocycles. The quantitative estimate of drug-likeness (QED) is 0.188. The van der Waals surface area contributed by atoms with E-state index >= 15 is 0 Å². The number of nitrogens with zero attached hydrogens (tertiary/aromatic N) is 3. The van der Waals surface area contributed by atoms with E-state index in [2.05, 4.69) is 156 Å². The second-order valence-electron chi connectivity index (χ2n) is 13.4. The second kappa shape index (κ2) is 11.2. The molecule has 0 saturated heterocycles. The molecule has 242 valence electrons. The van der Waals surface area contributed by atoms with E-state index in [1.165, 1.54) is 43.8 Å². The third-order valence-electron chi connectivity index (χ3n) is 10.4. The molecule has 0 aliphatic carbocycles. The normalized spacial score (nSPS) is 11.8. The predicted octanol–water partition coefficient (Wildman–Crippen LogP) is 12.8. The molecule has 0 unspecified atom stereocenters. The van der Waals surface area contributed by atoms with Gasteiger partial charge in [-0.2, -0.15) is 0 Å². The van der Waals surface area contributed by atoms with Crippen LogP contribution in [0.5, 0.6) is 0 Å². The van der Waals surface area contributed by atoms with Crippen LogP contribution in [0, 0.1) is 0 Å². The monoisotopic (exact) mass is 663 g/mol. The molecule has 0 N–H and O–H groups in total. The van der Waals surface area contributed by atoms with Crippen LogP contribution in [0.2, 0.25) is 0 Å². The Bertz CT molecular complexity index is 3170. The molecule has 0 bridgehead atoms. The van der Waals surface area contributed by atoms with Crippen molar-refractivity contribution in [2.75, 3.05) is 0 Å². The van der Waals surface area contributed by atoms with E-state index in [-0.39, 0.29) is 0 Å². The molecule has 0 aliphatic rings. The molecule has 4 nitrogen and oxygen atoms in total. The number of rotatable bonds is 4. The predicted molar refractivity (Wildman–Crippen MR) is 215 cm³/mol. The third-order valence-corrected chi connectivity index (χ3v) is 10.4. The molecule has 11 rings (SSSR count). The van der Waals surface area contributed by atoms with Gasteiger partial charge in [0.05, 0.1) is 22.2 Å². The van der Waals surface area contributed by atoms with Crippen molar-refractivity contribution in [1.29, 1.82) is 0 Å². The van der Waals surface area contributed by atoms with Crippen LogP contribution in [0.4, 0.5) is 0 Å². The fourth-order valence-corrected chi connectivity index (χ4v) is 7.93. The maximum absolute atomic E-state index is 6.06. The van der Waals surface area contributed by atoms with Crippen LogP contribution in [0.3, 0.4) is 0 Å². The first-order valence-corrected chi connectivity index (χ1v) is 17.6. The molecule has 0 amide bonds. The summed E-state index contributed by atoms with van der Waals surface area (Å²) >= 11 is 0. The molecule has 3 heterocycles. The molecule has 0 atom stereocenters. The Morgan fingerprint density at radius 1 is 0.385 bits per heavy atom. The molecule has 0 aliphatic heterocycles. The number of benzene rings is 8. The summed E-state index contributed by atoms with van der Waals surface area (Å²) in [6, 6.07) is 62.1. The van der Waals surface area contributed by atoms with E-state index in [0.717, 1.165) is 55.1 Å². The van der Waals surface area contributed by atoms with Crippen LogP contribution in [-0.4, -0.2) is 14.5 Å². The lowest BCUT2D eigenvalue weighted by Crippen LogP contribution is -2.03. The van der Waals surface area contributed by atoms with Gasteiger partial charge in [-0.15, -0.1) is 0 Å². The number of aromatic nitrogens is 3. The lowest BCUT2D eigenvalue weighted by molar-refractivity contribution is 0.669. The number of hydrogen-bond acceptors (Lipinski definition) is 3. The lowest BCUT2D eigenvalue weighted by Gasteiger charge is -2.12. The van der Waals surface area contributed by atoms with Gasteiger partial charge in [-0.3, -0.25) is 4.57 Å². The molecule has 0 fully saturated rings. The third kappa shape index (κ3) is 4.41. The zero-order valence-electron chi connectivity index (χ0n) is 28.0. The average molecular weight is 664 g/mol. The highest BCUT2D eigenvalue weighted by Gasteiger charge is 2.19. The number of furan rings is 1. The zero-order chi connectivity index (χ0) is 34.2. The Morgan fingerprint density at radius 3 is 1.88 bits per heavy atom. The smallest absolute Gasteiger partial charge is 0.235 e.